The smallest absolute Gasteiger partial charge is 0.219 e. The third-order valence-electron chi connectivity index (χ3n) is 4.47. The standard InChI is InChI=1S/C16H23FN2O/c1-11(20)19(2)15-6-3-12(4-7-15)9-13-10-14(17)5-8-16(13)18/h5,8,10,12,15H,3-4,6-7,9,18H2,1-2H3/t12-,15+. The van der Waals surface area contributed by atoms with Crippen LogP contribution in [0.25, 0.3) is 0 Å². The lowest BCUT2D eigenvalue weighted by atomic mass is 9.81. The second kappa shape index (κ2) is 6.25. The quantitative estimate of drug-likeness (QED) is 0.864. The first-order valence-corrected chi connectivity index (χ1v) is 7.24. The molecule has 1 aromatic rings. The molecule has 1 fully saturated rings. The molecule has 0 spiro atoms. The zero-order chi connectivity index (χ0) is 14.7. The van der Waals surface area contributed by atoms with Crippen molar-refractivity contribution in [2.45, 2.75) is 45.1 Å². The van der Waals surface area contributed by atoms with E-state index in [1.54, 1.807) is 19.1 Å². The second-order valence-corrected chi connectivity index (χ2v) is 5.85. The van der Waals surface area contributed by atoms with Crippen LogP contribution in [0.4, 0.5) is 10.1 Å². The maximum atomic E-state index is 13.3. The number of hydrogen-bond donors (Lipinski definition) is 1. The van der Waals surface area contributed by atoms with E-state index in [9.17, 15) is 9.18 Å². The molecule has 1 saturated carbocycles. The van der Waals surface area contributed by atoms with Gasteiger partial charge in [-0.2, -0.15) is 0 Å². The van der Waals surface area contributed by atoms with Gasteiger partial charge in [-0.05, 0) is 61.8 Å². The topological polar surface area (TPSA) is 46.3 Å². The van der Waals surface area contributed by atoms with Gasteiger partial charge in [-0.1, -0.05) is 0 Å². The first-order valence-electron chi connectivity index (χ1n) is 7.24. The van der Waals surface area contributed by atoms with Crippen LogP contribution in [0.3, 0.4) is 0 Å². The maximum absolute atomic E-state index is 13.3. The number of carbonyl (C=O) groups excluding carboxylic acids is 1. The van der Waals surface area contributed by atoms with Crippen LogP contribution in [-0.2, 0) is 11.2 Å². The summed E-state index contributed by atoms with van der Waals surface area (Å²) < 4.78 is 13.3. The van der Waals surface area contributed by atoms with Gasteiger partial charge >= 0.3 is 0 Å². The summed E-state index contributed by atoms with van der Waals surface area (Å²) >= 11 is 0. The third-order valence-corrected chi connectivity index (χ3v) is 4.47. The SMILES string of the molecule is CC(=O)N(C)[C@H]1CC[C@@H](Cc2cc(F)ccc2N)CC1. The van der Waals surface area contributed by atoms with Crippen molar-refractivity contribution >= 4 is 11.6 Å². The first-order chi connectivity index (χ1) is 9.47. The predicted octanol–water partition coefficient (Wildman–Crippen LogP) is 2.99. The highest BCUT2D eigenvalue weighted by molar-refractivity contribution is 5.73. The van der Waals surface area contributed by atoms with E-state index in [-0.39, 0.29) is 11.7 Å². The molecule has 0 atom stereocenters. The van der Waals surface area contributed by atoms with Gasteiger partial charge in [-0.3, -0.25) is 4.79 Å². The van der Waals surface area contributed by atoms with Crippen molar-refractivity contribution in [2.24, 2.45) is 5.92 Å². The summed E-state index contributed by atoms with van der Waals surface area (Å²) in [6.45, 7) is 1.61. The van der Waals surface area contributed by atoms with Crippen molar-refractivity contribution in [2.75, 3.05) is 12.8 Å². The van der Waals surface area contributed by atoms with E-state index in [4.69, 9.17) is 5.73 Å². The summed E-state index contributed by atoms with van der Waals surface area (Å²) in [5, 5.41) is 0. The Kier molecular flexibility index (Phi) is 4.63. The first kappa shape index (κ1) is 14.8. The zero-order valence-corrected chi connectivity index (χ0v) is 12.2. The number of anilines is 1. The minimum Gasteiger partial charge on any atom is -0.399 e. The second-order valence-electron chi connectivity index (χ2n) is 5.85. The van der Waals surface area contributed by atoms with Crippen molar-refractivity contribution < 1.29 is 9.18 Å². The summed E-state index contributed by atoms with van der Waals surface area (Å²) in [4.78, 5) is 13.2. The van der Waals surface area contributed by atoms with Crippen LogP contribution in [0, 0.1) is 11.7 Å². The van der Waals surface area contributed by atoms with Gasteiger partial charge in [0.1, 0.15) is 5.82 Å². The number of rotatable bonds is 3. The van der Waals surface area contributed by atoms with Gasteiger partial charge in [-0.25, -0.2) is 4.39 Å². The average Bonchev–Trinajstić information content (AvgIpc) is 2.43. The van der Waals surface area contributed by atoms with Crippen molar-refractivity contribution in [3.8, 4) is 0 Å². The molecule has 0 heterocycles. The van der Waals surface area contributed by atoms with Gasteiger partial charge in [0.25, 0.3) is 0 Å². The molecule has 3 nitrogen and oxygen atoms in total. The molecule has 0 unspecified atom stereocenters. The number of benzene rings is 1. The molecule has 1 amide bonds. The highest BCUT2D eigenvalue weighted by atomic mass is 19.1. The summed E-state index contributed by atoms with van der Waals surface area (Å²) in [5.74, 6) is 0.442. The molecule has 0 bridgehead atoms. The Morgan fingerprint density at radius 3 is 2.60 bits per heavy atom. The molecule has 20 heavy (non-hydrogen) atoms. The molecule has 4 heteroatoms. The summed E-state index contributed by atoms with van der Waals surface area (Å²) in [6.07, 6.45) is 5.02. The predicted molar refractivity (Wildman–Crippen MR) is 78.7 cm³/mol. The molecule has 0 saturated heterocycles. The van der Waals surface area contributed by atoms with E-state index >= 15 is 0 Å². The van der Waals surface area contributed by atoms with Crippen LogP contribution in [0.2, 0.25) is 0 Å². The normalized spacial score (nSPS) is 22.6. The van der Waals surface area contributed by atoms with Gasteiger partial charge in [0.05, 0.1) is 0 Å². The third kappa shape index (κ3) is 3.50. The van der Waals surface area contributed by atoms with E-state index in [1.807, 2.05) is 11.9 Å². The molecule has 2 rings (SSSR count). The monoisotopic (exact) mass is 278 g/mol. The zero-order valence-electron chi connectivity index (χ0n) is 12.2. The van der Waals surface area contributed by atoms with E-state index in [0.29, 0.717) is 17.6 Å². The van der Waals surface area contributed by atoms with Crippen LogP contribution in [0.5, 0.6) is 0 Å². The molecular weight excluding hydrogens is 255 g/mol. The van der Waals surface area contributed by atoms with E-state index in [0.717, 1.165) is 37.7 Å². The largest absolute Gasteiger partial charge is 0.399 e. The van der Waals surface area contributed by atoms with Crippen LogP contribution in [0.1, 0.15) is 38.2 Å². The summed E-state index contributed by atoms with van der Waals surface area (Å²) in [7, 11) is 1.87. The van der Waals surface area contributed by atoms with E-state index < -0.39 is 0 Å². The van der Waals surface area contributed by atoms with E-state index in [1.165, 1.54) is 6.07 Å². The molecule has 1 aromatic carbocycles. The molecule has 110 valence electrons. The fraction of sp³-hybridized carbons (Fsp3) is 0.562. The molecule has 2 N–H and O–H groups in total. The maximum Gasteiger partial charge on any atom is 0.219 e. The number of nitrogen functional groups attached to an aromatic ring is 1. The lowest BCUT2D eigenvalue weighted by molar-refractivity contribution is -0.130. The number of nitrogens with two attached hydrogens (primary N) is 1. The van der Waals surface area contributed by atoms with Gasteiger partial charge < -0.3 is 10.6 Å². The van der Waals surface area contributed by atoms with Gasteiger partial charge in [0, 0.05) is 25.7 Å². The summed E-state index contributed by atoms with van der Waals surface area (Å²) in [6, 6.07) is 4.94. The van der Waals surface area contributed by atoms with Crippen LogP contribution in [-0.4, -0.2) is 23.9 Å². The Hall–Kier alpha value is -1.58. The van der Waals surface area contributed by atoms with Crippen LogP contribution < -0.4 is 5.73 Å². The Morgan fingerprint density at radius 1 is 1.35 bits per heavy atom. The number of amides is 1. The van der Waals surface area contributed by atoms with E-state index in [2.05, 4.69) is 0 Å². The number of hydrogen-bond acceptors (Lipinski definition) is 2. The minimum absolute atomic E-state index is 0.128. The lowest BCUT2D eigenvalue weighted by Crippen LogP contribution is -2.38. The van der Waals surface area contributed by atoms with Crippen molar-refractivity contribution in [1.29, 1.82) is 0 Å². The molecule has 0 aromatic heterocycles. The van der Waals surface area contributed by atoms with Crippen molar-refractivity contribution in [1.82, 2.24) is 4.90 Å². The highest BCUT2D eigenvalue weighted by Gasteiger charge is 2.25. The number of nitrogens with zero attached hydrogens (tertiary/aromatic N) is 1. The Morgan fingerprint density at radius 2 is 2.00 bits per heavy atom. The van der Waals surface area contributed by atoms with Gasteiger partial charge in [0.2, 0.25) is 5.91 Å². The molecular formula is C16H23FN2O. The molecule has 1 aliphatic rings. The van der Waals surface area contributed by atoms with Crippen molar-refractivity contribution in [3.63, 3.8) is 0 Å². The van der Waals surface area contributed by atoms with Crippen molar-refractivity contribution in [3.05, 3.63) is 29.6 Å². The highest BCUT2D eigenvalue weighted by Crippen LogP contribution is 2.31. The Bertz CT molecular complexity index is 481. The summed E-state index contributed by atoms with van der Waals surface area (Å²) in [5.41, 5.74) is 7.49. The lowest BCUT2D eigenvalue weighted by Gasteiger charge is -2.34. The molecule has 0 aliphatic heterocycles. The van der Waals surface area contributed by atoms with Crippen LogP contribution >= 0.6 is 0 Å². The minimum atomic E-state index is -0.223. The average molecular weight is 278 g/mol. The fourth-order valence-electron chi connectivity index (χ4n) is 3.06. The Balaban J connectivity index is 1.91. The van der Waals surface area contributed by atoms with Gasteiger partial charge in [0.15, 0.2) is 0 Å². The Labute approximate surface area is 120 Å². The fourth-order valence-corrected chi connectivity index (χ4v) is 3.06. The van der Waals surface area contributed by atoms with Crippen LogP contribution in [0.15, 0.2) is 18.2 Å². The molecule has 1 aliphatic carbocycles. The number of halogens is 1. The van der Waals surface area contributed by atoms with Gasteiger partial charge in [-0.15, -0.1) is 0 Å². The number of carbonyl (C=O) groups is 1. The molecule has 0 radical (unpaired) electrons.